The van der Waals surface area contributed by atoms with E-state index in [1.807, 2.05) is 18.2 Å². The van der Waals surface area contributed by atoms with E-state index in [1.54, 1.807) is 6.20 Å². The smallest absolute Gasteiger partial charge is 0.259 e. The Kier molecular flexibility index (Phi) is 3.16. The van der Waals surface area contributed by atoms with Crippen molar-refractivity contribution in [1.29, 1.82) is 0 Å². The van der Waals surface area contributed by atoms with E-state index in [4.69, 9.17) is 4.74 Å². The lowest BCUT2D eigenvalue weighted by atomic mass is 10.1. The minimum atomic E-state index is -0.126. The van der Waals surface area contributed by atoms with Crippen molar-refractivity contribution in [3.63, 3.8) is 0 Å². The molecule has 1 aromatic carbocycles. The van der Waals surface area contributed by atoms with Crippen LogP contribution in [0.3, 0.4) is 0 Å². The number of aromatic nitrogens is 3. The predicted octanol–water partition coefficient (Wildman–Crippen LogP) is 1.75. The minimum Gasteiger partial charge on any atom is -0.378 e. The molecule has 0 amide bonds. The maximum atomic E-state index is 12.0. The van der Waals surface area contributed by atoms with E-state index in [0.29, 0.717) is 11.1 Å². The quantitative estimate of drug-likeness (QED) is 0.755. The summed E-state index contributed by atoms with van der Waals surface area (Å²) in [6, 6.07) is 9.96. The van der Waals surface area contributed by atoms with Gasteiger partial charge in [-0.2, -0.15) is 5.10 Å². The average molecular weight is 296 g/mol. The number of anilines is 1. The number of fused-ring (bicyclic) bond motifs is 1. The minimum absolute atomic E-state index is 0.126. The first kappa shape index (κ1) is 13.1. The summed E-state index contributed by atoms with van der Waals surface area (Å²) in [4.78, 5) is 17.0. The normalized spacial score (nSPS) is 15.4. The Bertz CT molecular complexity index is 844. The lowest BCUT2D eigenvalue weighted by Crippen LogP contribution is -2.36. The van der Waals surface area contributed by atoms with Crippen molar-refractivity contribution >= 4 is 16.6 Å². The molecule has 22 heavy (non-hydrogen) atoms. The van der Waals surface area contributed by atoms with Crippen molar-refractivity contribution in [1.82, 2.24) is 15.2 Å². The fourth-order valence-electron chi connectivity index (χ4n) is 2.84. The van der Waals surface area contributed by atoms with Crippen LogP contribution in [0.5, 0.6) is 0 Å². The SMILES string of the molecule is O=c1[nH]ccc2[nH]nc(-c3ccc(N4CCOCC4)cc3)c12. The molecule has 0 aliphatic carbocycles. The van der Waals surface area contributed by atoms with Gasteiger partial charge >= 0.3 is 0 Å². The fourth-order valence-corrected chi connectivity index (χ4v) is 2.84. The third-order valence-electron chi connectivity index (χ3n) is 4.00. The van der Waals surface area contributed by atoms with Gasteiger partial charge in [0.1, 0.15) is 5.69 Å². The van der Waals surface area contributed by atoms with Crippen LogP contribution in [0.1, 0.15) is 0 Å². The molecule has 0 saturated carbocycles. The topological polar surface area (TPSA) is 74.0 Å². The third-order valence-corrected chi connectivity index (χ3v) is 4.00. The van der Waals surface area contributed by atoms with E-state index in [2.05, 4.69) is 32.2 Å². The molecule has 1 fully saturated rings. The van der Waals surface area contributed by atoms with Crippen LogP contribution in [-0.2, 0) is 4.74 Å². The van der Waals surface area contributed by atoms with Gasteiger partial charge in [-0.25, -0.2) is 0 Å². The molecular formula is C16H16N4O2. The van der Waals surface area contributed by atoms with Gasteiger partial charge in [-0.3, -0.25) is 9.89 Å². The van der Waals surface area contributed by atoms with E-state index in [-0.39, 0.29) is 5.56 Å². The zero-order valence-corrected chi connectivity index (χ0v) is 12.0. The number of hydrogen-bond acceptors (Lipinski definition) is 4. The standard InChI is InChI=1S/C16H16N4O2/c21-16-14-13(5-6-17-16)18-19-15(14)11-1-3-12(4-2-11)20-7-9-22-10-8-20/h1-6H,7-10H2,(H,17,21)(H,18,19). The van der Waals surface area contributed by atoms with Crippen LogP contribution in [0, 0.1) is 0 Å². The van der Waals surface area contributed by atoms with E-state index < -0.39 is 0 Å². The molecule has 2 aromatic heterocycles. The second kappa shape index (κ2) is 5.31. The Morgan fingerprint density at radius 1 is 1.09 bits per heavy atom. The van der Waals surface area contributed by atoms with Crippen LogP contribution in [-0.4, -0.2) is 41.5 Å². The van der Waals surface area contributed by atoms with Gasteiger partial charge in [0, 0.05) is 30.5 Å². The molecule has 112 valence electrons. The second-order valence-corrected chi connectivity index (χ2v) is 5.31. The van der Waals surface area contributed by atoms with Gasteiger partial charge in [0.25, 0.3) is 5.56 Å². The summed E-state index contributed by atoms with van der Waals surface area (Å²) < 4.78 is 5.37. The van der Waals surface area contributed by atoms with Crippen LogP contribution in [0.25, 0.3) is 22.2 Å². The van der Waals surface area contributed by atoms with Crippen molar-refractivity contribution in [3.05, 3.63) is 46.9 Å². The van der Waals surface area contributed by atoms with Crippen LogP contribution in [0.2, 0.25) is 0 Å². The summed E-state index contributed by atoms with van der Waals surface area (Å²) in [7, 11) is 0. The molecule has 0 atom stereocenters. The van der Waals surface area contributed by atoms with Crippen molar-refractivity contribution in [3.8, 4) is 11.3 Å². The Morgan fingerprint density at radius 2 is 1.86 bits per heavy atom. The fraction of sp³-hybridized carbons (Fsp3) is 0.250. The maximum Gasteiger partial charge on any atom is 0.259 e. The molecule has 6 nitrogen and oxygen atoms in total. The summed E-state index contributed by atoms with van der Waals surface area (Å²) in [5.74, 6) is 0. The molecule has 0 spiro atoms. The number of benzene rings is 1. The van der Waals surface area contributed by atoms with Crippen molar-refractivity contribution in [2.24, 2.45) is 0 Å². The lowest BCUT2D eigenvalue weighted by Gasteiger charge is -2.28. The summed E-state index contributed by atoms with van der Waals surface area (Å²) in [5.41, 5.74) is 3.40. The lowest BCUT2D eigenvalue weighted by molar-refractivity contribution is 0.122. The molecule has 4 rings (SSSR count). The number of ether oxygens (including phenoxy) is 1. The number of aromatic amines is 2. The summed E-state index contributed by atoms with van der Waals surface area (Å²) in [5, 5.41) is 7.80. The predicted molar refractivity (Wildman–Crippen MR) is 85.2 cm³/mol. The maximum absolute atomic E-state index is 12.0. The van der Waals surface area contributed by atoms with Gasteiger partial charge in [0.2, 0.25) is 0 Å². The Hall–Kier alpha value is -2.60. The highest BCUT2D eigenvalue weighted by atomic mass is 16.5. The molecule has 3 heterocycles. The average Bonchev–Trinajstić information content (AvgIpc) is 3.01. The molecule has 1 saturated heterocycles. The van der Waals surface area contributed by atoms with Crippen molar-refractivity contribution in [2.75, 3.05) is 31.2 Å². The number of nitrogens with zero attached hydrogens (tertiary/aromatic N) is 2. The Labute approximate surface area is 126 Å². The first-order valence-electron chi connectivity index (χ1n) is 7.32. The first-order chi connectivity index (χ1) is 10.8. The summed E-state index contributed by atoms with van der Waals surface area (Å²) in [6.45, 7) is 3.34. The van der Waals surface area contributed by atoms with Crippen LogP contribution >= 0.6 is 0 Å². The van der Waals surface area contributed by atoms with Gasteiger partial charge in [0.05, 0.1) is 24.1 Å². The highest BCUT2D eigenvalue weighted by molar-refractivity contribution is 5.92. The molecule has 0 unspecified atom stereocenters. The molecule has 1 aliphatic heterocycles. The van der Waals surface area contributed by atoms with Gasteiger partial charge in [-0.15, -0.1) is 0 Å². The van der Waals surface area contributed by atoms with E-state index in [9.17, 15) is 4.79 Å². The van der Waals surface area contributed by atoms with Gasteiger partial charge < -0.3 is 14.6 Å². The van der Waals surface area contributed by atoms with Crippen molar-refractivity contribution in [2.45, 2.75) is 0 Å². The van der Waals surface area contributed by atoms with Crippen LogP contribution in [0.4, 0.5) is 5.69 Å². The number of hydrogen-bond donors (Lipinski definition) is 2. The number of pyridine rings is 1. The Morgan fingerprint density at radius 3 is 2.64 bits per heavy atom. The van der Waals surface area contributed by atoms with Crippen LogP contribution < -0.4 is 10.5 Å². The highest BCUT2D eigenvalue weighted by Crippen LogP contribution is 2.26. The first-order valence-corrected chi connectivity index (χ1v) is 7.32. The molecule has 6 heteroatoms. The molecule has 0 bridgehead atoms. The number of H-pyrrole nitrogens is 2. The van der Waals surface area contributed by atoms with E-state index in [1.165, 1.54) is 5.69 Å². The molecule has 2 N–H and O–H groups in total. The summed E-state index contributed by atoms with van der Waals surface area (Å²) >= 11 is 0. The van der Waals surface area contributed by atoms with Gasteiger partial charge in [0.15, 0.2) is 0 Å². The van der Waals surface area contributed by atoms with E-state index >= 15 is 0 Å². The van der Waals surface area contributed by atoms with Gasteiger partial charge in [-0.1, -0.05) is 12.1 Å². The van der Waals surface area contributed by atoms with Crippen LogP contribution in [0.15, 0.2) is 41.3 Å². The second-order valence-electron chi connectivity index (χ2n) is 5.31. The number of morpholine rings is 1. The van der Waals surface area contributed by atoms with E-state index in [0.717, 1.165) is 37.4 Å². The van der Waals surface area contributed by atoms with Gasteiger partial charge in [-0.05, 0) is 18.2 Å². The number of nitrogens with one attached hydrogen (secondary N) is 2. The summed E-state index contributed by atoms with van der Waals surface area (Å²) in [6.07, 6.45) is 1.62. The van der Waals surface area contributed by atoms with Crippen molar-refractivity contribution < 1.29 is 4.74 Å². The molecule has 3 aromatic rings. The largest absolute Gasteiger partial charge is 0.378 e. The molecular weight excluding hydrogens is 280 g/mol. The zero-order valence-electron chi connectivity index (χ0n) is 12.0. The Balaban J connectivity index is 1.71. The monoisotopic (exact) mass is 296 g/mol. The zero-order chi connectivity index (χ0) is 14.9. The number of rotatable bonds is 2. The highest BCUT2D eigenvalue weighted by Gasteiger charge is 2.14. The molecule has 0 radical (unpaired) electrons. The molecule has 1 aliphatic rings. The third kappa shape index (κ3) is 2.17.